The molecule has 0 radical (unpaired) electrons. The Kier molecular flexibility index (Phi) is 3.47. The summed E-state index contributed by atoms with van der Waals surface area (Å²) in [5, 5.41) is 11.8. The number of halogens is 1. The first-order chi connectivity index (χ1) is 10.1. The molecule has 0 fully saturated rings. The van der Waals surface area contributed by atoms with Crippen molar-refractivity contribution in [1.82, 2.24) is 0 Å². The summed E-state index contributed by atoms with van der Waals surface area (Å²) in [4.78, 5) is 11.7. The number of pyridine rings is 1. The molecule has 0 N–H and O–H groups in total. The van der Waals surface area contributed by atoms with Gasteiger partial charge in [-0.3, -0.25) is 10.1 Å². The molecule has 0 saturated heterocycles. The summed E-state index contributed by atoms with van der Waals surface area (Å²) in [6.45, 7) is 2.07. The number of nitrogens with zero attached hydrogens (tertiary/aromatic N) is 2. The summed E-state index contributed by atoms with van der Waals surface area (Å²) in [6.07, 6.45) is 0. The fourth-order valence-corrected chi connectivity index (χ4v) is 3.72. The third kappa shape index (κ3) is 2.10. The molecular formula is C16H11ClN2O2S. The number of aryl methyl sites for hydroxylation is 1. The number of fused-ring (bicyclic) bond motifs is 5. The van der Waals surface area contributed by atoms with Crippen molar-refractivity contribution in [2.45, 2.75) is 6.92 Å². The van der Waals surface area contributed by atoms with Gasteiger partial charge in [-0.15, -0.1) is 4.40 Å². The molecule has 110 valence electrons. The van der Waals surface area contributed by atoms with Crippen LogP contribution in [0.3, 0.4) is 0 Å². The predicted molar refractivity (Wildman–Crippen MR) is 83.9 cm³/mol. The molecule has 2 aromatic heterocycles. The lowest BCUT2D eigenvalue weighted by molar-refractivity contribution is -0.446. The van der Waals surface area contributed by atoms with Crippen LogP contribution in [0.15, 0.2) is 48.5 Å². The molecular weight excluding hydrogens is 320 g/mol. The number of hydrogen-bond acceptors (Lipinski definition) is 3. The zero-order valence-electron chi connectivity index (χ0n) is 11.6. The minimum absolute atomic E-state index is 0. The van der Waals surface area contributed by atoms with Crippen molar-refractivity contribution >= 4 is 43.0 Å². The summed E-state index contributed by atoms with van der Waals surface area (Å²) in [5.74, 6) is 0. The van der Waals surface area contributed by atoms with E-state index in [2.05, 4.69) is 29.5 Å². The maximum absolute atomic E-state index is 10.9. The number of benzene rings is 2. The van der Waals surface area contributed by atoms with Crippen molar-refractivity contribution in [3.63, 3.8) is 0 Å². The normalized spacial score (nSPS) is 11.0. The molecule has 2 heterocycles. The fraction of sp³-hybridized carbons (Fsp3) is 0.0625. The van der Waals surface area contributed by atoms with Crippen molar-refractivity contribution in [3.8, 4) is 0 Å². The molecule has 0 spiro atoms. The largest absolute Gasteiger partial charge is 1.00 e. The van der Waals surface area contributed by atoms with Crippen molar-refractivity contribution < 1.29 is 21.7 Å². The van der Waals surface area contributed by atoms with Gasteiger partial charge in [-0.05, 0) is 24.6 Å². The lowest BCUT2D eigenvalue weighted by Gasteiger charge is -1.95. The van der Waals surface area contributed by atoms with Crippen molar-refractivity contribution in [2.24, 2.45) is 0 Å². The van der Waals surface area contributed by atoms with E-state index in [1.807, 2.05) is 18.2 Å². The Hall–Kier alpha value is -2.24. The van der Waals surface area contributed by atoms with Gasteiger partial charge < -0.3 is 12.4 Å². The molecule has 0 aliphatic carbocycles. The van der Waals surface area contributed by atoms with Gasteiger partial charge in [0.05, 0.1) is 10.3 Å². The zero-order chi connectivity index (χ0) is 14.6. The van der Waals surface area contributed by atoms with Crippen molar-refractivity contribution in [3.05, 3.63) is 64.2 Å². The highest BCUT2D eigenvalue weighted by Gasteiger charge is 2.19. The molecule has 0 saturated carbocycles. The van der Waals surface area contributed by atoms with E-state index in [1.165, 1.54) is 10.3 Å². The number of hydrogen-bond donors (Lipinski definition) is 0. The first kappa shape index (κ1) is 14.7. The SMILES string of the molecule is Cc1ccc2sc3ccc4cc([N+](=O)[O-])ccc4[n+]3c2c1.[Cl-]. The van der Waals surface area contributed by atoms with Crippen LogP contribution in [-0.4, -0.2) is 4.92 Å². The van der Waals surface area contributed by atoms with Crippen LogP contribution in [0.25, 0.3) is 25.9 Å². The summed E-state index contributed by atoms with van der Waals surface area (Å²) in [7, 11) is 0. The van der Waals surface area contributed by atoms with Crippen LogP contribution in [0.1, 0.15) is 5.56 Å². The first-order valence-electron chi connectivity index (χ1n) is 6.55. The molecule has 0 amide bonds. The lowest BCUT2D eigenvalue weighted by atomic mass is 10.2. The molecule has 0 unspecified atom stereocenters. The van der Waals surface area contributed by atoms with Crippen molar-refractivity contribution in [2.75, 3.05) is 0 Å². The van der Waals surface area contributed by atoms with E-state index in [4.69, 9.17) is 0 Å². The second-order valence-corrected chi connectivity index (χ2v) is 6.14. The van der Waals surface area contributed by atoms with E-state index >= 15 is 0 Å². The van der Waals surface area contributed by atoms with Crippen LogP contribution in [0.4, 0.5) is 5.69 Å². The second-order valence-electron chi connectivity index (χ2n) is 5.08. The monoisotopic (exact) mass is 330 g/mol. The second kappa shape index (κ2) is 5.19. The smallest absolute Gasteiger partial charge is 0.270 e. The summed E-state index contributed by atoms with van der Waals surface area (Å²) < 4.78 is 3.39. The standard InChI is InChI=1S/C16H11N2O2S.ClH/c1-10-2-6-15-14(8-10)17-13-5-4-12(18(19)20)9-11(13)3-7-16(17)21-15;/h2-9H,1H3;1H/q+1;/p-1. The topological polar surface area (TPSA) is 47.2 Å². The van der Waals surface area contributed by atoms with Crippen molar-refractivity contribution in [1.29, 1.82) is 0 Å². The summed E-state index contributed by atoms with van der Waals surface area (Å²) in [6, 6.07) is 15.4. The highest BCUT2D eigenvalue weighted by Crippen LogP contribution is 2.26. The minimum Gasteiger partial charge on any atom is -1.00 e. The van der Waals surface area contributed by atoms with Crippen LogP contribution in [0.2, 0.25) is 0 Å². The number of aromatic nitrogens is 1. The van der Waals surface area contributed by atoms with E-state index in [0.29, 0.717) is 0 Å². The van der Waals surface area contributed by atoms with Gasteiger partial charge in [0.1, 0.15) is 4.70 Å². The Morgan fingerprint density at radius 2 is 1.86 bits per heavy atom. The van der Waals surface area contributed by atoms with Gasteiger partial charge >= 0.3 is 0 Å². The molecule has 22 heavy (non-hydrogen) atoms. The Labute approximate surface area is 136 Å². The van der Waals surface area contributed by atoms with Crippen LogP contribution in [0, 0.1) is 17.0 Å². The van der Waals surface area contributed by atoms with Crippen LogP contribution in [-0.2, 0) is 0 Å². The van der Waals surface area contributed by atoms with Gasteiger partial charge in [-0.1, -0.05) is 17.4 Å². The van der Waals surface area contributed by atoms with Gasteiger partial charge in [-0.2, -0.15) is 0 Å². The highest BCUT2D eigenvalue weighted by atomic mass is 35.5. The molecule has 4 rings (SSSR count). The Balaban J connectivity index is 0.00000144. The summed E-state index contributed by atoms with van der Waals surface area (Å²) >= 11 is 1.72. The maximum Gasteiger partial charge on any atom is 0.270 e. The molecule has 4 aromatic rings. The van der Waals surface area contributed by atoms with Gasteiger partial charge in [0.15, 0.2) is 0 Å². The van der Waals surface area contributed by atoms with Crippen LogP contribution < -0.4 is 16.8 Å². The minimum atomic E-state index is -0.357. The number of thiazole rings is 1. The fourth-order valence-electron chi connectivity index (χ4n) is 2.68. The average Bonchev–Trinajstić information content (AvgIpc) is 2.84. The van der Waals surface area contributed by atoms with Crippen LogP contribution in [0.5, 0.6) is 0 Å². The number of nitro groups is 1. The van der Waals surface area contributed by atoms with E-state index in [9.17, 15) is 10.1 Å². The quantitative estimate of drug-likeness (QED) is 0.297. The Morgan fingerprint density at radius 3 is 2.64 bits per heavy atom. The lowest BCUT2D eigenvalue weighted by Crippen LogP contribution is -3.00. The average molecular weight is 331 g/mol. The van der Waals surface area contributed by atoms with Gasteiger partial charge in [0, 0.05) is 30.3 Å². The Morgan fingerprint density at radius 1 is 1.05 bits per heavy atom. The maximum atomic E-state index is 10.9. The molecule has 0 aliphatic rings. The third-order valence-corrected chi connectivity index (χ3v) is 4.75. The number of rotatable bonds is 1. The van der Waals surface area contributed by atoms with Gasteiger partial charge in [0.25, 0.3) is 10.5 Å². The Bertz CT molecular complexity index is 1040. The van der Waals surface area contributed by atoms with E-state index in [-0.39, 0.29) is 23.0 Å². The zero-order valence-corrected chi connectivity index (χ0v) is 13.2. The van der Waals surface area contributed by atoms with E-state index < -0.39 is 0 Å². The molecule has 4 nitrogen and oxygen atoms in total. The molecule has 2 aromatic carbocycles. The van der Waals surface area contributed by atoms with Gasteiger partial charge in [0.2, 0.25) is 11.0 Å². The molecule has 6 heteroatoms. The summed E-state index contributed by atoms with van der Waals surface area (Å²) in [5.41, 5.74) is 3.47. The predicted octanol–water partition coefficient (Wildman–Crippen LogP) is 1.01. The first-order valence-corrected chi connectivity index (χ1v) is 7.37. The van der Waals surface area contributed by atoms with Gasteiger partial charge in [-0.25, -0.2) is 0 Å². The highest BCUT2D eigenvalue weighted by molar-refractivity contribution is 7.23. The van der Waals surface area contributed by atoms with E-state index in [0.717, 1.165) is 21.3 Å². The molecule has 0 aliphatic heterocycles. The van der Waals surface area contributed by atoms with E-state index in [1.54, 1.807) is 23.5 Å². The van der Waals surface area contributed by atoms with Crippen LogP contribution >= 0.6 is 11.3 Å². The molecule has 0 atom stereocenters. The number of non-ortho nitro benzene ring substituents is 1. The number of nitro benzene ring substituents is 1. The molecule has 0 bridgehead atoms. The third-order valence-electron chi connectivity index (χ3n) is 3.66.